The minimum atomic E-state index is -0.310. The van der Waals surface area contributed by atoms with Gasteiger partial charge in [-0.15, -0.1) is 0 Å². The third-order valence-electron chi connectivity index (χ3n) is 4.75. The lowest BCUT2D eigenvalue weighted by molar-refractivity contribution is -0.0777. The fraction of sp³-hybridized carbons (Fsp3) is 0.867. The molecule has 3 rings (SSSR count). The number of ether oxygens (including phenoxy) is 1. The second-order valence-electron chi connectivity index (χ2n) is 6.21. The van der Waals surface area contributed by atoms with Gasteiger partial charge in [0.1, 0.15) is 5.60 Å². The van der Waals surface area contributed by atoms with E-state index in [0.717, 1.165) is 43.8 Å². The van der Waals surface area contributed by atoms with Crippen LogP contribution >= 0.6 is 0 Å². The lowest BCUT2D eigenvalue weighted by atomic mass is 9.84. The monoisotopic (exact) mass is 279 g/mol. The maximum absolute atomic E-state index is 6.04. The van der Waals surface area contributed by atoms with Crippen molar-refractivity contribution in [2.75, 3.05) is 6.61 Å². The summed E-state index contributed by atoms with van der Waals surface area (Å²) in [6, 6.07) is 0.283. The smallest absolute Gasteiger partial charge is 0.229 e. The van der Waals surface area contributed by atoms with Gasteiger partial charge in [-0.05, 0) is 39.0 Å². The molecule has 2 saturated carbocycles. The maximum atomic E-state index is 6.04. The molecule has 0 aliphatic heterocycles. The normalized spacial score (nSPS) is 29.7. The molecule has 1 aromatic rings. The predicted molar refractivity (Wildman–Crippen MR) is 75.3 cm³/mol. The van der Waals surface area contributed by atoms with E-state index in [-0.39, 0.29) is 11.6 Å². The van der Waals surface area contributed by atoms with E-state index in [1.54, 1.807) is 0 Å². The molecule has 2 aliphatic rings. The first kappa shape index (κ1) is 14.0. The van der Waals surface area contributed by atoms with Crippen LogP contribution in [0.1, 0.15) is 75.9 Å². The van der Waals surface area contributed by atoms with Crippen LogP contribution in [-0.4, -0.2) is 22.8 Å². The molecule has 0 amide bonds. The van der Waals surface area contributed by atoms with Crippen molar-refractivity contribution in [3.05, 3.63) is 11.7 Å². The van der Waals surface area contributed by atoms with Crippen LogP contribution in [0.5, 0.6) is 0 Å². The molecule has 0 saturated heterocycles. The molecule has 0 unspecified atom stereocenters. The summed E-state index contributed by atoms with van der Waals surface area (Å²) in [5.41, 5.74) is 5.66. The van der Waals surface area contributed by atoms with Crippen LogP contribution in [0.4, 0.5) is 0 Å². The highest BCUT2D eigenvalue weighted by Gasteiger charge is 2.40. The summed E-state index contributed by atoms with van der Waals surface area (Å²) in [5.74, 6) is 1.86. The first-order valence-electron chi connectivity index (χ1n) is 7.97. The molecule has 0 aromatic carbocycles. The van der Waals surface area contributed by atoms with Gasteiger partial charge in [0.25, 0.3) is 0 Å². The largest absolute Gasteiger partial charge is 0.367 e. The highest BCUT2D eigenvalue weighted by atomic mass is 16.5. The number of aromatic nitrogens is 2. The Hall–Kier alpha value is -0.940. The second kappa shape index (κ2) is 5.82. The Morgan fingerprint density at radius 1 is 1.30 bits per heavy atom. The van der Waals surface area contributed by atoms with Crippen LogP contribution in [0, 0.1) is 0 Å². The fourth-order valence-corrected chi connectivity index (χ4v) is 3.66. The van der Waals surface area contributed by atoms with Crippen LogP contribution in [0.15, 0.2) is 4.52 Å². The molecule has 5 nitrogen and oxygen atoms in total. The van der Waals surface area contributed by atoms with Gasteiger partial charge in [0, 0.05) is 18.6 Å². The average Bonchev–Trinajstić information content (AvgIpc) is 3.09. The fourth-order valence-electron chi connectivity index (χ4n) is 3.66. The van der Waals surface area contributed by atoms with E-state index in [1.165, 1.54) is 19.3 Å². The van der Waals surface area contributed by atoms with E-state index >= 15 is 0 Å². The van der Waals surface area contributed by atoms with E-state index in [2.05, 4.69) is 10.1 Å². The van der Waals surface area contributed by atoms with E-state index in [9.17, 15) is 0 Å². The summed E-state index contributed by atoms with van der Waals surface area (Å²) in [6.07, 6.45) is 8.72. The van der Waals surface area contributed by atoms with Gasteiger partial charge in [0.15, 0.2) is 0 Å². The Balaban J connectivity index is 1.79. The highest BCUT2D eigenvalue weighted by Crippen LogP contribution is 2.40. The van der Waals surface area contributed by atoms with Gasteiger partial charge in [-0.25, -0.2) is 0 Å². The quantitative estimate of drug-likeness (QED) is 0.917. The molecule has 1 aromatic heterocycles. The van der Waals surface area contributed by atoms with E-state index in [0.29, 0.717) is 12.5 Å². The number of hydrogen-bond acceptors (Lipinski definition) is 5. The van der Waals surface area contributed by atoms with E-state index < -0.39 is 0 Å². The molecule has 112 valence electrons. The van der Waals surface area contributed by atoms with Gasteiger partial charge in [0.05, 0.1) is 0 Å². The molecular weight excluding hydrogens is 254 g/mol. The number of nitrogens with zero attached hydrogens (tertiary/aromatic N) is 2. The van der Waals surface area contributed by atoms with Crippen LogP contribution < -0.4 is 5.73 Å². The van der Waals surface area contributed by atoms with Crippen LogP contribution in [0.25, 0.3) is 0 Å². The number of hydrogen-bond donors (Lipinski definition) is 1. The predicted octanol–water partition coefficient (Wildman–Crippen LogP) is 2.86. The summed E-state index contributed by atoms with van der Waals surface area (Å²) in [4.78, 5) is 4.68. The van der Waals surface area contributed by atoms with Crippen LogP contribution in [-0.2, 0) is 10.3 Å². The lowest BCUT2D eigenvalue weighted by Gasteiger charge is -2.33. The van der Waals surface area contributed by atoms with Crippen molar-refractivity contribution in [1.82, 2.24) is 10.1 Å². The highest BCUT2D eigenvalue weighted by molar-refractivity contribution is 5.06. The molecule has 2 N–H and O–H groups in total. The Labute approximate surface area is 120 Å². The average molecular weight is 279 g/mol. The van der Waals surface area contributed by atoms with Crippen molar-refractivity contribution >= 4 is 0 Å². The molecule has 0 spiro atoms. The summed E-state index contributed by atoms with van der Waals surface area (Å²) in [6.45, 7) is 2.73. The van der Waals surface area contributed by atoms with Gasteiger partial charge >= 0.3 is 0 Å². The third-order valence-corrected chi connectivity index (χ3v) is 4.75. The van der Waals surface area contributed by atoms with Crippen molar-refractivity contribution in [3.8, 4) is 0 Å². The van der Waals surface area contributed by atoms with Gasteiger partial charge < -0.3 is 15.0 Å². The van der Waals surface area contributed by atoms with Crippen molar-refractivity contribution in [1.29, 1.82) is 0 Å². The molecule has 0 radical (unpaired) electrons. The summed E-state index contributed by atoms with van der Waals surface area (Å²) in [5, 5.41) is 4.25. The molecule has 2 atom stereocenters. The first-order valence-corrected chi connectivity index (χ1v) is 7.97. The zero-order valence-corrected chi connectivity index (χ0v) is 12.3. The second-order valence-corrected chi connectivity index (χ2v) is 6.21. The van der Waals surface area contributed by atoms with Crippen molar-refractivity contribution in [2.24, 2.45) is 5.73 Å². The molecule has 2 fully saturated rings. The molecule has 1 heterocycles. The first-order chi connectivity index (χ1) is 9.73. The topological polar surface area (TPSA) is 74.2 Å². The van der Waals surface area contributed by atoms with Gasteiger partial charge in [-0.1, -0.05) is 24.4 Å². The zero-order valence-electron chi connectivity index (χ0n) is 12.3. The molecule has 0 bridgehead atoms. The standard InChI is InChI=1S/C15H25N3O2/c1-2-19-15(8-4-3-5-9-15)14-17-13(20-18-14)11-6-7-12(16)10-11/h11-12H,2-10,16H2,1H3/t11-,12+/m1/s1. The van der Waals surface area contributed by atoms with Crippen LogP contribution in [0.3, 0.4) is 0 Å². The number of nitrogens with two attached hydrogens (primary N) is 1. The lowest BCUT2D eigenvalue weighted by Crippen LogP contribution is -2.33. The third kappa shape index (κ3) is 2.61. The van der Waals surface area contributed by atoms with Crippen molar-refractivity contribution in [2.45, 2.75) is 75.9 Å². The summed E-state index contributed by atoms with van der Waals surface area (Å²) >= 11 is 0. The molecule has 20 heavy (non-hydrogen) atoms. The summed E-state index contributed by atoms with van der Waals surface area (Å²) < 4.78 is 11.6. The maximum Gasteiger partial charge on any atom is 0.229 e. The van der Waals surface area contributed by atoms with Crippen molar-refractivity contribution in [3.63, 3.8) is 0 Å². The van der Waals surface area contributed by atoms with Gasteiger partial charge in [-0.3, -0.25) is 0 Å². The summed E-state index contributed by atoms with van der Waals surface area (Å²) in [7, 11) is 0. The zero-order chi connectivity index (χ0) is 14.0. The molecule has 5 heteroatoms. The Kier molecular flexibility index (Phi) is 4.08. The Morgan fingerprint density at radius 2 is 2.10 bits per heavy atom. The van der Waals surface area contributed by atoms with Crippen molar-refractivity contribution < 1.29 is 9.26 Å². The van der Waals surface area contributed by atoms with Gasteiger partial charge in [0.2, 0.25) is 11.7 Å². The Morgan fingerprint density at radius 3 is 2.75 bits per heavy atom. The number of rotatable bonds is 4. The molecular formula is C15H25N3O2. The van der Waals surface area contributed by atoms with E-state index in [1.807, 2.05) is 6.92 Å². The van der Waals surface area contributed by atoms with Crippen LogP contribution in [0.2, 0.25) is 0 Å². The Bertz CT molecular complexity index is 435. The minimum Gasteiger partial charge on any atom is -0.367 e. The van der Waals surface area contributed by atoms with E-state index in [4.69, 9.17) is 15.0 Å². The minimum absolute atomic E-state index is 0.283. The SMILES string of the molecule is CCOC1(c2noc([C@@H]3CC[C@H](N)C3)n2)CCCCC1. The van der Waals surface area contributed by atoms with Gasteiger partial charge in [-0.2, -0.15) is 4.98 Å². The molecule has 2 aliphatic carbocycles.